The van der Waals surface area contributed by atoms with Crippen LogP contribution in [0.4, 0.5) is 0 Å². The predicted molar refractivity (Wildman–Crippen MR) is 104 cm³/mol. The Hall–Kier alpha value is -2.23. The van der Waals surface area contributed by atoms with E-state index < -0.39 is 0 Å². The van der Waals surface area contributed by atoms with Crippen molar-refractivity contribution in [3.05, 3.63) is 83.6 Å². The Morgan fingerprint density at radius 2 is 1.84 bits per heavy atom. The highest BCUT2D eigenvalue weighted by Gasteiger charge is 2.22. The van der Waals surface area contributed by atoms with Crippen LogP contribution >= 0.6 is 12.4 Å². The van der Waals surface area contributed by atoms with Crippen molar-refractivity contribution in [3.8, 4) is 11.3 Å². The molecule has 1 aliphatic rings. The van der Waals surface area contributed by atoms with Crippen molar-refractivity contribution in [2.24, 2.45) is 0 Å². The van der Waals surface area contributed by atoms with Gasteiger partial charge in [-0.1, -0.05) is 42.5 Å². The van der Waals surface area contributed by atoms with Gasteiger partial charge in [-0.2, -0.15) is 10.2 Å². The maximum absolute atomic E-state index is 4.25. The highest BCUT2D eigenvalue weighted by Crippen LogP contribution is 2.35. The molecule has 0 bridgehead atoms. The molecule has 128 valence electrons. The van der Waals surface area contributed by atoms with Crippen molar-refractivity contribution >= 4 is 12.4 Å². The lowest BCUT2D eigenvalue weighted by Gasteiger charge is -2.18. The minimum Gasteiger partial charge on any atom is -0.302 e. The molecule has 1 atom stereocenters. The van der Waals surface area contributed by atoms with E-state index in [2.05, 4.69) is 70.7 Å². The van der Waals surface area contributed by atoms with Gasteiger partial charge in [0, 0.05) is 24.2 Å². The van der Waals surface area contributed by atoms with Gasteiger partial charge in [0.15, 0.2) is 0 Å². The third-order valence-corrected chi connectivity index (χ3v) is 4.83. The van der Waals surface area contributed by atoms with Crippen molar-refractivity contribution in [2.45, 2.75) is 18.9 Å². The van der Waals surface area contributed by atoms with Crippen LogP contribution in [0, 0.1) is 0 Å². The molecular formula is C21H22ClN3. The molecule has 1 unspecified atom stereocenters. The second kappa shape index (κ2) is 7.77. The Morgan fingerprint density at radius 3 is 2.60 bits per heavy atom. The number of hydrogen-bond donors (Lipinski definition) is 0. The smallest absolute Gasteiger partial charge is 0.0929 e. The van der Waals surface area contributed by atoms with Crippen molar-refractivity contribution in [1.82, 2.24) is 15.1 Å². The van der Waals surface area contributed by atoms with Crippen molar-refractivity contribution in [2.75, 3.05) is 13.6 Å². The third-order valence-electron chi connectivity index (χ3n) is 4.83. The molecule has 0 radical (unpaired) electrons. The molecule has 0 fully saturated rings. The summed E-state index contributed by atoms with van der Waals surface area (Å²) in [5.74, 6) is 0.460. The predicted octanol–water partition coefficient (Wildman–Crippen LogP) is 4.53. The molecule has 3 nitrogen and oxygen atoms in total. The van der Waals surface area contributed by atoms with Crippen LogP contribution in [0.3, 0.4) is 0 Å². The van der Waals surface area contributed by atoms with Crippen LogP contribution in [0.25, 0.3) is 11.3 Å². The van der Waals surface area contributed by atoms with E-state index in [4.69, 9.17) is 0 Å². The van der Waals surface area contributed by atoms with E-state index in [1.54, 1.807) is 6.20 Å². The first-order valence-corrected chi connectivity index (χ1v) is 8.45. The van der Waals surface area contributed by atoms with Gasteiger partial charge in [-0.3, -0.25) is 0 Å². The zero-order valence-corrected chi connectivity index (χ0v) is 15.1. The highest BCUT2D eigenvalue weighted by molar-refractivity contribution is 5.85. The Balaban J connectivity index is 0.00000182. The largest absolute Gasteiger partial charge is 0.302 e. The second-order valence-electron chi connectivity index (χ2n) is 6.51. The van der Waals surface area contributed by atoms with Gasteiger partial charge in [-0.05, 0) is 54.9 Å². The summed E-state index contributed by atoms with van der Waals surface area (Å²) in [6.07, 6.45) is 2.87. The second-order valence-corrected chi connectivity index (χ2v) is 6.51. The van der Waals surface area contributed by atoms with Crippen LogP contribution in [0.5, 0.6) is 0 Å². The lowest BCUT2D eigenvalue weighted by molar-refractivity contribution is 0.328. The SMILES string of the molecule is CN1CCC(c2ccccc2)c2ccc(-c3cccnn3)cc2C1.Cl. The van der Waals surface area contributed by atoms with Gasteiger partial charge in [0.1, 0.15) is 0 Å². The average Bonchev–Trinajstić information content (AvgIpc) is 2.80. The first-order chi connectivity index (χ1) is 11.8. The Morgan fingerprint density at radius 1 is 1.00 bits per heavy atom. The summed E-state index contributed by atoms with van der Waals surface area (Å²) >= 11 is 0. The summed E-state index contributed by atoms with van der Waals surface area (Å²) in [6, 6.07) is 21.6. The molecular weight excluding hydrogens is 330 g/mol. The zero-order valence-electron chi connectivity index (χ0n) is 14.3. The maximum Gasteiger partial charge on any atom is 0.0929 e. The van der Waals surface area contributed by atoms with E-state index >= 15 is 0 Å². The van der Waals surface area contributed by atoms with Crippen molar-refractivity contribution < 1.29 is 0 Å². The molecule has 0 saturated carbocycles. The van der Waals surface area contributed by atoms with E-state index in [-0.39, 0.29) is 12.4 Å². The quantitative estimate of drug-likeness (QED) is 0.679. The van der Waals surface area contributed by atoms with Gasteiger partial charge in [0.25, 0.3) is 0 Å². The molecule has 4 rings (SSSR count). The summed E-state index contributed by atoms with van der Waals surface area (Å²) in [5.41, 5.74) is 6.32. The zero-order chi connectivity index (χ0) is 16.4. The van der Waals surface area contributed by atoms with Gasteiger partial charge in [-0.15, -0.1) is 12.4 Å². The first-order valence-electron chi connectivity index (χ1n) is 8.45. The molecule has 2 aromatic carbocycles. The summed E-state index contributed by atoms with van der Waals surface area (Å²) in [5, 5.41) is 8.26. The number of halogens is 1. The third kappa shape index (κ3) is 3.73. The number of rotatable bonds is 2. The first kappa shape index (κ1) is 17.6. The van der Waals surface area contributed by atoms with Gasteiger partial charge >= 0.3 is 0 Å². The van der Waals surface area contributed by atoms with Crippen LogP contribution in [0.1, 0.15) is 29.0 Å². The molecule has 0 N–H and O–H groups in total. The van der Waals surface area contributed by atoms with Crippen LogP contribution in [-0.4, -0.2) is 28.7 Å². The van der Waals surface area contributed by atoms with Crippen molar-refractivity contribution in [1.29, 1.82) is 0 Å². The number of benzene rings is 2. The molecule has 25 heavy (non-hydrogen) atoms. The summed E-state index contributed by atoms with van der Waals surface area (Å²) in [4.78, 5) is 2.40. The van der Waals surface area contributed by atoms with E-state index in [1.165, 1.54) is 16.7 Å². The van der Waals surface area contributed by atoms with E-state index in [0.29, 0.717) is 5.92 Å². The minimum absolute atomic E-state index is 0. The number of aromatic nitrogens is 2. The standard InChI is InChI=1S/C21H21N3.ClH/c1-24-13-11-20(16-6-3-2-4-7-16)19-10-9-17(14-18(19)15-24)21-8-5-12-22-23-21;/h2-10,12,14,20H,11,13,15H2,1H3;1H. The number of hydrogen-bond acceptors (Lipinski definition) is 3. The minimum atomic E-state index is 0. The molecule has 2 heterocycles. The van der Waals surface area contributed by atoms with Crippen LogP contribution in [0.2, 0.25) is 0 Å². The fourth-order valence-corrected chi connectivity index (χ4v) is 3.60. The van der Waals surface area contributed by atoms with E-state index in [0.717, 1.165) is 30.8 Å². The molecule has 0 amide bonds. The monoisotopic (exact) mass is 351 g/mol. The highest BCUT2D eigenvalue weighted by atomic mass is 35.5. The van der Waals surface area contributed by atoms with Gasteiger partial charge in [-0.25, -0.2) is 0 Å². The Labute approximate surface area is 155 Å². The number of fused-ring (bicyclic) bond motifs is 1. The van der Waals surface area contributed by atoms with Crippen LogP contribution < -0.4 is 0 Å². The summed E-state index contributed by atoms with van der Waals surface area (Å²) in [7, 11) is 2.20. The van der Waals surface area contributed by atoms with Crippen LogP contribution in [-0.2, 0) is 6.54 Å². The lowest BCUT2D eigenvalue weighted by Crippen LogP contribution is -2.17. The molecule has 0 saturated heterocycles. The topological polar surface area (TPSA) is 29.0 Å². The Bertz CT molecular complexity index is 821. The van der Waals surface area contributed by atoms with Crippen molar-refractivity contribution in [3.63, 3.8) is 0 Å². The summed E-state index contributed by atoms with van der Waals surface area (Å²) in [6.45, 7) is 2.08. The summed E-state index contributed by atoms with van der Waals surface area (Å²) < 4.78 is 0. The normalized spacial score (nSPS) is 17.2. The lowest BCUT2D eigenvalue weighted by atomic mass is 9.86. The van der Waals surface area contributed by atoms with E-state index in [9.17, 15) is 0 Å². The fraction of sp³-hybridized carbons (Fsp3) is 0.238. The van der Waals surface area contributed by atoms with E-state index in [1.807, 2.05) is 12.1 Å². The fourth-order valence-electron chi connectivity index (χ4n) is 3.60. The Kier molecular flexibility index (Phi) is 5.47. The molecule has 4 heteroatoms. The average molecular weight is 352 g/mol. The molecule has 1 aromatic heterocycles. The maximum atomic E-state index is 4.25. The van der Waals surface area contributed by atoms with Gasteiger partial charge < -0.3 is 4.90 Å². The molecule has 1 aliphatic heterocycles. The van der Waals surface area contributed by atoms with Gasteiger partial charge in [0.2, 0.25) is 0 Å². The number of nitrogens with zero attached hydrogens (tertiary/aromatic N) is 3. The molecule has 0 spiro atoms. The van der Waals surface area contributed by atoms with Gasteiger partial charge in [0.05, 0.1) is 5.69 Å². The molecule has 0 aliphatic carbocycles. The van der Waals surface area contributed by atoms with Crippen LogP contribution in [0.15, 0.2) is 66.9 Å². The molecule has 3 aromatic rings.